The second-order valence-corrected chi connectivity index (χ2v) is 6.17. The molecule has 120 valence electrons. The number of amides is 1. The number of likely N-dealkylation sites (N-methyl/N-ethyl adjacent to an activating group) is 1. The summed E-state index contributed by atoms with van der Waals surface area (Å²) in [5.74, 6) is 1.32. The van der Waals surface area contributed by atoms with E-state index in [0.717, 1.165) is 31.5 Å². The van der Waals surface area contributed by atoms with Crippen LogP contribution in [0.5, 0.6) is 11.5 Å². The van der Waals surface area contributed by atoms with Crippen LogP contribution in [0, 0.1) is 0 Å². The van der Waals surface area contributed by atoms with Crippen molar-refractivity contribution in [2.45, 2.75) is 25.3 Å². The maximum absolute atomic E-state index is 12.5. The Labute approximate surface area is 135 Å². The third-order valence-electron chi connectivity index (χ3n) is 4.26. The van der Waals surface area contributed by atoms with Gasteiger partial charge in [0.1, 0.15) is 13.2 Å². The highest BCUT2D eigenvalue weighted by molar-refractivity contribution is 6.32. The topological polar surface area (TPSA) is 50.8 Å². The minimum absolute atomic E-state index is 0.111. The van der Waals surface area contributed by atoms with Crippen LogP contribution in [0.25, 0.3) is 0 Å². The molecule has 0 radical (unpaired) electrons. The van der Waals surface area contributed by atoms with E-state index in [2.05, 4.69) is 5.32 Å². The van der Waals surface area contributed by atoms with Crippen molar-refractivity contribution in [3.63, 3.8) is 0 Å². The molecule has 1 aromatic rings. The summed E-state index contributed by atoms with van der Waals surface area (Å²) in [6, 6.07) is 3.97. The molecular formula is C16H21ClN2O3. The molecule has 2 aliphatic rings. The molecule has 1 amide bonds. The van der Waals surface area contributed by atoms with Crippen molar-refractivity contribution >= 4 is 17.5 Å². The molecule has 0 atom stereocenters. The summed E-state index contributed by atoms with van der Waals surface area (Å²) in [6.45, 7) is 2.95. The number of nitrogens with one attached hydrogen (secondary N) is 1. The number of hydrogen-bond donors (Lipinski definition) is 1. The first-order valence-corrected chi connectivity index (χ1v) is 8.07. The summed E-state index contributed by atoms with van der Waals surface area (Å²) in [7, 11) is 1.89. The zero-order valence-corrected chi connectivity index (χ0v) is 13.5. The summed E-state index contributed by atoms with van der Waals surface area (Å²) in [5.41, 5.74) is 0.861. The van der Waals surface area contributed by atoms with Crippen LogP contribution in [-0.2, 0) is 11.2 Å². The third kappa shape index (κ3) is 3.31. The number of halogens is 1. The predicted octanol–water partition coefficient (Wildman–Crippen LogP) is 1.86. The Morgan fingerprint density at radius 3 is 2.82 bits per heavy atom. The third-order valence-corrected chi connectivity index (χ3v) is 4.54. The van der Waals surface area contributed by atoms with Crippen molar-refractivity contribution in [1.29, 1.82) is 0 Å². The van der Waals surface area contributed by atoms with Crippen LogP contribution in [0.3, 0.4) is 0 Å². The quantitative estimate of drug-likeness (QED) is 0.922. The Balaban J connectivity index is 1.69. The number of carbonyl (C=O) groups excluding carboxylic acids is 1. The summed E-state index contributed by atoms with van der Waals surface area (Å²) in [6.07, 6.45) is 2.34. The Bertz CT molecular complexity index is 559. The molecule has 0 spiro atoms. The van der Waals surface area contributed by atoms with Crippen molar-refractivity contribution < 1.29 is 14.3 Å². The average Bonchev–Trinajstić information content (AvgIpc) is 2.55. The Kier molecular flexibility index (Phi) is 4.74. The van der Waals surface area contributed by atoms with Crippen LogP contribution in [0.4, 0.5) is 0 Å². The zero-order valence-electron chi connectivity index (χ0n) is 12.7. The maximum atomic E-state index is 12.5. The smallest absolute Gasteiger partial charge is 0.226 e. The summed E-state index contributed by atoms with van der Waals surface area (Å²) < 4.78 is 11.1. The summed E-state index contributed by atoms with van der Waals surface area (Å²) in [4.78, 5) is 14.3. The lowest BCUT2D eigenvalue weighted by Crippen LogP contribution is -2.44. The van der Waals surface area contributed by atoms with Gasteiger partial charge in [0.05, 0.1) is 11.4 Å². The molecule has 1 fully saturated rings. The molecule has 0 aliphatic carbocycles. The number of carbonyl (C=O) groups is 1. The van der Waals surface area contributed by atoms with Crippen molar-refractivity contribution in [3.8, 4) is 11.5 Å². The van der Waals surface area contributed by atoms with E-state index in [9.17, 15) is 4.79 Å². The lowest BCUT2D eigenvalue weighted by atomic mass is 10.0. The van der Waals surface area contributed by atoms with Gasteiger partial charge in [0.15, 0.2) is 11.5 Å². The summed E-state index contributed by atoms with van der Waals surface area (Å²) >= 11 is 6.22. The van der Waals surface area contributed by atoms with Gasteiger partial charge in [-0.25, -0.2) is 0 Å². The first-order valence-electron chi connectivity index (χ1n) is 7.69. The largest absolute Gasteiger partial charge is 0.486 e. The van der Waals surface area contributed by atoms with Gasteiger partial charge in [-0.1, -0.05) is 11.6 Å². The highest BCUT2D eigenvalue weighted by atomic mass is 35.5. The van der Waals surface area contributed by atoms with Gasteiger partial charge in [-0.3, -0.25) is 4.79 Å². The number of piperidine rings is 1. The lowest BCUT2D eigenvalue weighted by Gasteiger charge is -2.31. The minimum atomic E-state index is 0.111. The molecule has 1 N–H and O–H groups in total. The molecule has 3 rings (SSSR count). The van der Waals surface area contributed by atoms with E-state index in [1.807, 2.05) is 18.0 Å². The van der Waals surface area contributed by atoms with Crippen molar-refractivity contribution in [1.82, 2.24) is 10.2 Å². The second-order valence-electron chi connectivity index (χ2n) is 5.76. The lowest BCUT2D eigenvalue weighted by molar-refractivity contribution is -0.131. The van der Waals surface area contributed by atoms with E-state index < -0.39 is 0 Å². The van der Waals surface area contributed by atoms with Gasteiger partial charge in [0.25, 0.3) is 0 Å². The molecule has 2 heterocycles. The molecule has 2 aliphatic heterocycles. The zero-order chi connectivity index (χ0) is 15.5. The molecule has 1 aromatic carbocycles. The predicted molar refractivity (Wildman–Crippen MR) is 84.8 cm³/mol. The normalized spacial score (nSPS) is 18.1. The Morgan fingerprint density at radius 2 is 2.05 bits per heavy atom. The molecule has 0 bridgehead atoms. The van der Waals surface area contributed by atoms with Gasteiger partial charge >= 0.3 is 0 Å². The van der Waals surface area contributed by atoms with Gasteiger partial charge < -0.3 is 19.7 Å². The van der Waals surface area contributed by atoms with Crippen LogP contribution >= 0.6 is 11.6 Å². The number of ether oxygens (including phenoxy) is 2. The van der Waals surface area contributed by atoms with Crippen molar-refractivity contribution in [2.75, 3.05) is 33.4 Å². The van der Waals surface area contributed by atoms with Gasteiger partial charge in [0.2, 0.25) is 5.91 Å². The molecule has 0 unspecified atom stereocenters. The Morgan fingerprint density at radius 1 is 1.32 bits per heavy atom. The number of benzene rings is 1. The first-order chi connectivity index (χ1) is 10.6. The number of rotatable bonds is 3. The van der Waals surface area contributed by atoms with Crippen molar-refractivity contribution in [3.05, 3.63) is 22.7 Å². The highest BCUT2D eigenvalue weighted by Gasteiger charge is 2.23. The fraction of sp³-hybridized carbons (Fsp3) is 0.562. The van der Waals surface area contributed by atoms with E-state index >= 15 is 0 Å². The number of hydrogen-bond acceptors (Lipinski definition) is 4. The SMILES string of the molecule is CN(C(=O)Cc1cc(Cl)c2c(c1)OCCO2)C1CCNCC1. The van der Waals surface area contributed by atoms with Crippen LogP contribution in [0.1, 0.15) is 18.4 Å². The van der Waals surface area contributed by atoms with Crippen LogP contribution in [-0.4, -0.2) is 50.2 Å². The highest BCUT2D eigenvalue weighted by Crippen LogP contribution is 2.38. The molecule has 1 saturated heterocycles. The molecule has 0 aromatic heterocycles. The van der Waals surface area contributed by atoms with Crippen LogP contribution in [0.15, 0.2) is 12.1 Å². The minimum Gasteiger partial charge on any atom is -0.486 e. The molecule has 22 heavy (non-hydrogen) atoms. The fourth-order valence-electron chi connectivity index (χ4n) is 2.96. The van der Waals surface area contributed by atoms with E-state index in [1.54, 1.807) is 6.07 Å². The van der Waals surface area contributed by atoms with Gasteiger partial charge in [-0.2, -0.15) is 0 Å². The van der Waals surface area contributed by atoms with Crippen molar-refractivity contribution in [2.24, 2.45) is 0 Å². The molecule has 6 heteroatoms. The average molecular weight is 325 g/mol. The van der Waals surface area contributed by atoms with E-state index in [-0.39, 0.29) is 5.91 Å². The van der Waals surface area contributed by atoms with Gasteiger partial charge in [0, 0.05) is 13.1 Å². The molecular weight excluding hydrogens is 304 g/mol. The number of fused-ring (bicyclic) bond motifs is 1. The van der Waals surface area contributed by atoms with E-state index in [4.69, 9.17) is 21.1 Å². The van der Waals surface area contributed by atoms with Crippen LogP contribution in [0.2, 0.25) is 5.02 Å². The second kappa shape index (κ2) is 6.75. The van der Waals surface area contributed by atoms with Gasteiger partial charge in [-0.05, 0) is 43.6 Å². The van der Waals surface area contributed by atoms with Crippen LogP contribution < -0.4 is 14.8 Å². The fourth-order valence-corrected chi connectivity index (χ4v) is 3.25. The number of nitrogens with zero attached hydrogens (tertiary/aromatic N) is 1. The van der Waals surface area contributed by atoms with E-state index in [1.165, 1.54) is 0 Å². The Hall–Kier alpha value is -1.46. The monoisotopic (exact) mass is 324 g/mol. The standard InChI is InChI=1S/C16H21ClN2O3/c1-19(12-2-4-18-5-3-12)15(20)10-11-8-13(17)16-14(9-11)21-6-7-22-16/h8-9,12,18H,2-7,10H2,1H3. The van der Waals surface area contributed by atoms with E-state index in [0.29, 0.717) is 42.2 Å². The molecule has 0 saturated carbocycles. The molecule has 5 nitrogen and oxygen atoms in total. The summed E-state index contributed by atoms with van der Waals surface area (Å²) in [5, 5.41) is 3.82. The van der Waals surface area contributed by atoms with Gasteiger partial charge in [-0.15, -0.1) is 0 Å². The first kappa shape index (κ1) is 15.4. The maximum Gasteiger partial charge on any atom is 0.226 e.